The molecule has 1 aromatic carbocycles. The Labute approximate surface area is 139 Å². The van der Waals surface area contributed by atoms with Gasteiger partial charge in [0.2, 0.25) is 0 Å². The molecule has 8 heteroatoms. The molecule has 0 N–H and O–H groups in total. The van der Waals surface area contributed by atoms with Gasteiger partial charge in [-0.05, 0) is 42.9 Å². The predicted octanol–water partition coefficient (Wildman–Crippen LogP) is 5.19. The summed E-state index contributed by atoms with van der Waals surface area (Å²) in [5, 5.41) is 4.82. The van der Waals surface area contributed by atoms with Crippen molar-refractivity contribution in [3.8, 4) is 11.4 Å². The van der Waals surface area contributed by atoms with Gasteiger partial charge in [-0.2, -0.15) is 5.10 Å². The first-order valence-electron chi connectivity index (χ1n) is 6.95. The van der Waals surface area contributed by atoms with Gasteiger partial charge in [0.1, 0.15) is 0 Å². The highest BCUT2D eigenvalue weighted by Gasteiger charge is 2.27. The summed E-state index contributed by atoms with van der Waals surface area (Å²) in [6, 6.07) is 7.28. The molecule has 2 aromatic rings. The van der Waals surface area contributed by atoms with Gasteiger partial charge < -0.3 is 4.52 Å². The van der Waals surface area contributed by atoms with Crippen molar-refractivity contribution < 1.29 is 13.6 Å². The van der Waals surface area contributed by atoms with Crippen LogP contribution in [0.1, 0.15) is 20.3 Å². The Morgan fingerprint density at radius 1 is 1.41 bits per heavy atom. The monoisotopic (exact) mass is 360 g/mol. The third kappa shape index (κ3) is 4.78. The van der Waals surface area contributed by atoms with Crippen LogP contribution in [-0.2, 0) is 9.09 Å². The molecule has 22 heavy (non-hydrogen) atoms. The number of rotatable bonds is 8. The third-order valence-corrected chi connectivity index (χ3v) is 6.78. The van der Waals surface area contributed by atoms with Crippen molar-refractivity contribution in [3.63, 3.8) is 0 Å². The number of hydrogen-bond donors (Lipinski definition) is 0. The first kappa shape index (κ1) is 17.4. The van der Waals surface area contributed by atoms with Crippen LogP contribution in [0.4, 0.5) is 0 Å². The average molecular weight is 361 g/mol. The fourth-order valence-electron chi connectivity index (χ4n) is 1.69. The van der Waals surface area contributed by atoms with E-state index in [-0.39, 0.29) is 0 Å². The van der Waals surface area contributed by atoms with E-state index in [1.165, 1.54) is 17.6 Å². The molecule has 1 unspecified atom stereocenters. The van der Waals surface area contributed by atoms with Crippen molar-refractivity contribution in [2.24, 2.45) is 0 Å². The molecule has 0 aliphatic carbocycles. The van der Waals surface area contributed by atoms with E-state index in [1.807, 2.05) is 19.1 Å². The minimum atomic E-state index is -3.21. The summed E-state index contributed by atoms with van der Waals surface area (Å²) in [6.07, 6.45) is 4.07. The van der Waals surface area contributed by atoms with E-state index in [2.05, 4.69) is 5.10 Å². The van der Waals surface area contributed by atoms with Crippen LogP contribution < -0.4 is 4.52 Å². The Kier molecular flexibility index (Phi) is 6.38. The van der Waals surface area contributed by atoms with E-state index < -0.39 is 6.80 Å². The zero-order valence-corrected chi connectivity index (χ0v) is 14.9. The Bertz CT molecular complexity index is 665. The molecule has 0 radical (unpaired) electrons. The molecule has 0 amide bonds. The molecular formula is C14H18ClN2O3PS. The molecule has 0 saturated carbocycles. The van der Waals surface area contributed by atoms with Gasteiger partial charge in [0.25, 0.3) is 0 Å². The highest BCUT2D eigenvalue weighted by Crippen LogP contribution is 2.60. The van der Waals surface area contributed by atoms with Crippen molar-refractivity contribution in [2.45, 2.75) is 20.3 Å². The van der Waals surface area contributed by atoms with Gasteiger partial charge in [-0.1, -0.05) is 24.6 Å². The summed E-state index contributed by atoms with van der Waals surface area (Å²) in [7, 11) is 0. The Morgan fingerprint density at radius 3 is 2.91 bits per heavy atom. The number of halogens is 1. The van der Waals surface area contributed by atoms with Crippen LogP contribution in [0, 0.1) is 0 Å². The standard InChI is InChI=1S/C14H18ClN2O3PS/c1-3-8-22-21(18,19-4-2)20-14-10-16-17(11-14)13-7-5-6-12(15)9-13/h5-7,9-11H,3-4,8H2,1-2H3. The SMILES string of the molecule is CCCSP(=O)(OCC)Oc1cnn(-c2cccc(Cl)c2)c1. The van der Waals surface area contributed by atoms with Crippen LogP contribution in [0.3, 0.4) is 0 Å². The molecule has 0 fully saturated rings. The van der Waals surface area contributed by atoms with Crippen LogP contribution in [-0.4, -0.2) is 22.1 Å². The largest absolute Gasteiger partial charge is 0.440 e. The Morgan fingerprint density at radius 2 is 2.23 bits per heavy atom. The molecule has 0 aliphatic heterocycles. The van der Waals surface area contributed by atoms with Gasteiger partial charge in [0.05, 0.1) is 24.7 Å². The Balaban J connectivity index is 2.15. The van der Waals surface area contributed by atoms with Gasteiger partial charge in [0.15, 0.2) is 5.75 Å². The zero-order chi connectivity index (χ0) is 16.0. The second kappa shape index (κ2) is 8.06. The van der Waals surface area contributed by atoms with Crippen molar-refractivity contribution in [3.05, 3.63) is 41.7 Å². The van der Waals surface area contributed by atoms with Gasteiger partial charge in [0, 0.05) is 10.8 Å². The van der Waals surface area contributed by atoms with Crippen LogP contribution in [0.5, 0.6) is 5.75 Å². The van der Waals surface area contributed by atoms with Crippen molar-refractivity contribution in [1.29, 1.82) is 0 Å². The van der Waals surface area contributed by atoms with Gasteiger partial charge in [-0.15, -0.1) is 0 Å². The molecule has 0 spiro atoms. The van der Waals surface area contributed by atoms with E-state index in [1.54, 1.807) is 29.9 Å². The summed E-state index contributed by atoms with van der Waals surface area (Å²) in [6.45, 7) is 0.925. The smallest absolute Gasteiger partial charge is 0.414 e. The fourth-order valence-corrected chi connectivity index (χ4v) is 5.31. The second-order valence-electron chi connectivity index (χ2n) is 4.39. The van der Waals surface area contributed by atoms with Crippen LogP contribution in [0.15, 0.2) is 36.7 Å². The fraction of sp³-hybridized carbons (Fsp3) is 0.357. The molecule has 0 aliphatic rings. The lowest BCUT2D eigenvalue weighted by Gasteiger charge is -2.15. The van der Waals surface area contributed by atoms with E-state index in [0.29, 0.717) is 23.1 Å². The van der Waals surface area contributed by atoms with E-state index in [9.17, 15) is 4.57 Å². The lowest BCUT2D eigenvalue weighted by atomic mass is 10.3. The zero-order valence-electron chi connectivity index (χ0n) is 12.4. The molecule has 1 aromatic heterocycles. The molecule has 1 atom stereocenters. The maximum absolute atomic E-state index is 12.6. The van der Waals surface area contributed by atoms with Crippen LogP contribution in [0.25, 0.3) is 5.69 Å². The van der Waals surface area contributed by atoms with E-state index >= 15 is 0 Å². The van der Waals surface area contributed by atoms with E-state index in [0.717, 1.165) is 12.1 Å². The Hall–Kier alpha value is -0.940. The molecule has 120 valence electrons. The number of benzene rings is 1. The van der Waals surface area contributed by atoms with Crippen molar-refractivity contribution >= 4 is 29.8 Å². The van der Waals surface area contributed by atoms with Crippen molar-refractivity contribution in [2.75, 3.05) is 12.4 Å². The van der Waals surface area contributed by atoms with Crippen LogP contribution >= 0.6 is 29.8 Å². The summed E-state index contributed by atoms with van der Waals surface area (Å²) in [4.78, 5) is 0. The van der Waals surface area contributed by atoms with Crippen LogP contribution in [0.2, 0.25) is 5.02 Å². The van der Waals surface area contributed by atoms with E-state index in [4.69, 9.17) is 20.6 Å². The van der Waals surface area contributed by atoms with Gasteiger partial charge in [-0.3, -0.25) is 4.52 Å². The number of aromatic nitrogens is 2. The summed E-state index contributed by atoms with van der Waals surface area (Å²) < 4.78 is 25.1. The second-order valence-corrected chi connectivity index (χ2v) is 8.94. The molecule has 5 nitrogen and oxygen atoms in total. The normalized spacial score (nSPS) is 13.8. The molecule has 0 saturated heterocycles. The topological polar surface area (TPSA) is 53.4 Å². The minimum Gasteiger partial charge on any atom is -0.414 e. The summed E-state index contributed by atoms with van der Waals surface area (Å²) >= 11 is 7.17. The molecule has 2 rings (SSSR count). The predicted molar refractivity (Wildman–Crippen MR) is 91.2 cm³/mol. The molecule has 0 bridgehead atoms. The minimum absolute atomic E-state index is 0.330. The lowest BCUT2D eigenvalue weighted by molar-refractivity contribution is 0.296. The first-order chi connectivity index (χ1) is 10.6. The summed E-state index contributed by atoms with van der Waals surface area (Å²) in [5.41, 5.74) is 0.801. The maximum atomic E-state index is 12.6. The number of hydrogen-bond acceptors (Lipinski definition) is 5. The maximum Gasteiger partial charge on any atom is 0.440 e. The first-order valence-corrected chi connectivity index (χ1v) is 10.5. The molecule has 1 heterocycles. The van der Waals surface area contributed by atoms with Gasteiger partial charge >= 0.3 is 6.80 Å². The highest BCUT2D eigenvalue weighted by molar-refractivity contribution is 8.55. The quantitative estimate of drug-likeness (QED) is 0.606. The lowest BCUT2D eigenvalue weighted by Crippen LogP contribution is -1.96. The summed E-state index contributed by atoms with van der Waals surface area (Å²) in [5.74, 6) is 1.11. The molecular weight excluding hydrogens is 343 g/mol. The highest BCUT2D eigenvalue weighted by atomic mass is 35.5. The average Bonchev–Trinajstić information content (AvgIpc) is 2.94. The van der Waals surface area contributed by atoms with Gasteiger partial charge in [-0.25, -0.2) is 9.25 Å². The number of nitrogens with zero attached hydrogens (tertiary/aromatic N) is 2. The van der Waals surface area contributed by atoms with Crippen molar-refractivity contribution in [1.82, 2.24) is 9.78 Å². The third-order valence-electron chi connectivity index (χ3n) is 2.59.